The van der Waals surface area contributed by atoms with Gasteiger partial charge in [0, 0.05) is 18.3 Å². The number of methoxy groups -OCH3 is 1. The highest BCUT2D eigenvalue weighted by Crippen LogP contribution is 2.32. The topological polar surface area (TPSA) is 80.2 Å². The van der Waals surface area contributed by atoms with Gasteiger partial charge in [-0.3, -0.25) is 14.7 Å². The average molecular weight is 421 g/mol. The van der Waals surface area contributed by atoms with E-state index in [9.17, 15) is 9.18 Å². The molecule has 1 aliphatic rings. The normalized spacial score (nSPS) is 16.3. The number of ether oxygens (including phenoxy) is 1. The van der Waals surface area contributed by atoms with Crippen LogP contribution in [0.15, 0.2) is 48.7 Å². The number of aromatic nitrogens is 3. The lowest BCUT2D eigenvalue weighted by atomic mass is 10.2. The molecule has 0 spiro atoms. The lowest BCUT2D eigenvalue weighted by molar-refractivity contribution is 0.102. The second-order valence-electron chi connectivity index (χ2n) is 7.50. The molecule has 3 aromatic rings. The van der Waals surface area contributed by atoms with Crippen molar-refractivity contribution in [3.63, 3.8) is 0 Å². The first kappa shape index (κ1) is 20.9. The van der Waals surface area contributed by atoms with E-state index < -0.39 is 0 Å². The second kappa shape index (κ2) is 9.18. The summed E-state index contributed by atoms with van der Waals surface area (Å²) in [6, 6.07) is 11.9. The van der Waals surface area contributed by atoms with Crippen molar-refractivity contribution in [2.45, 2.75) is 32.4 Å². The van der Waals surface area contributed by atoms with Crippen molar-refractivity contribution in [2.24, 2.45) is 0 Å². The van der Waals surface area contributed by atoms with Crippen LogP contribution < -0.4 is 10.1 Å². The van der Waals surface area contributed by atoms with Crippen LogP contribution in [0, 0.1) is 12.7 Å². The fourth-order valence-corrected chi connectivity index (χ4v) is 3.84. The molecule has 3 heterocycles. The molecular weight excluding hydrogens is 397 g/mol. The summed E-state index contributed by atoms with van der Waals surface area (Å²) in [6.07, 6.45) is 3.14. The van der Waals surface area contributed by atoms with Gasteiger partial charge >= 0.3 is 0 Å². The van der Waals surface area contributed by atoms with Crippen LogP contribution in [-0.4, -0.2) is 39.4 Å². The molecular formula is C23H24FN5O2. The number of hydrogen-bond donors (Lipinski definition) is 1. The summed E-state index contributed by atoms with van der Waals surface area (Å²) in [5, 5.41) is 2.87. The first-order chi connectivity index (χ1) is 15.0. The maximum Gasteiger partial charge on any atom is 0.260 e. The molecule has 4 rings (SSSR count). The van der Waals surface area contributed by atoms with E-state index in [4.69, 9.17) is 4.74 Å². The molecule has 1 aromatic carbocycles. The third-order valence-corrected chi connectivity index (χ3v) is 5.28. The molecule has 1 aliphatic heterocycles. The Hall–Kier alpha value is -3.39. The maximum atomic E-state index is 13.2. The Morgan fingerprint density at radius 2 is 2.10 bits per heavy atom. The van der Waals surface area contributed by atoms with E-state index in [-0.39, 0.29) is 17.8 Å². The molecule has 0 saturated carbocycles. The van der Waals surface area contributed by atoms with Crippen molar-refractivity contribution in [3.8, 4) is 5.75 Å². The maximum absolute atomic E-state index is 13.2. The Labute approximate surface area is 180 Å². The predicted molar refractivity (Wildman–Crippen MR) is 114 cm³/mol. The van der Waals surface area contributed by atoms with E-state index in [1.165, 1.54) is 19.4 Å². The Balaban J connectivity index is 1.54. The summed E-state index contributed by atoms with van der Waals surface area (Å²) in [6.45, 7) is 3.35. The molecule has 0 bridgehead atoms. The lowest BCUT2D eigenvalue weighted by Crippen LogP contribution is -2.25. The van der Waals surface area contributed by atoms with Crippen LogP contribution in [0.4, 0.5) is 10.2 Å². The molecule has 8 heteroatoms. The summed E-state index contributed by atoms with van der Waals surface area (Å²) >= 11 is 0. The number of para-hydroxylation sites is 1. The number of amides is 1. The van der Waals surface area contributed by atoms with Gasteiger partial charge in [0.15, 0.2) is 0 Å². The molecule has 1 fully saturated rings. The number of anilines is 1. The fraction of sp³-hybridized carbons (Fsp3) is 0.304. The molecule has 31 heavy (non-hydrogen) atoms. The van der Waals surface area contributed by atoms with Gasteiger partial charge in [0.25, 0.3) is 5.91 Å². The van der Waals surface area contributed by atoms with Crippen molar-refractivity contribution in [1.82, 2.24) is 19.9 Å². The van der Waals surface area contributed by atoms with Crippen LogP contribution in [0.25, 0.3) is 0 Å². The number of nitrogens with zero attached hydrogens (tertiary/aromatic N) is 4. The van der Waals surface area contributed by atoms with E-state index in [0.29, 0.717) is 29.5 Å². The van der Waals surface area contributed by atoms with Gasteiger partial charge in [-0.2, -0.15) is 0 Å². The number of halogens is 1. The number of nitrogens with one attached hydrogen (secondary N) is 1. The highest BCUT2D eigenvalue weighted by atomic mass is 19.1. The van der Waals surface area contributed by atoms with Gasteiger partial charge in [-0.05, 0) is 50.6 Å². The third kappa shape index (κ3) is 4.86. The van der Waals surface area contributed by atoms with Gasteiger partial charge in [-0.15, -0.1) is 0 Å². The van der Waals surface area contributed by atoms with Crippen molar-refractivity contribution in [2.75, 3.05) is 19.0 Å². The van der Waals surface area contributed by atoms with E-state index in [1.807, 2.05) is 13.0 Å². The van der Waals surface area contributed by atoms with E-state index in [1.54, 1.807) is 30.3 Å². The van der Waals surface area contributed by atoms with Gasteiger partial charge in [0.05, 0.1) is 30.6 Å². The van der Waals surface area contributed by atoms with Crippen molar-refractivity contribution in [3.05, 3.63) is 77.3 Å². The molecule has 160 valence electrons. The Bertz CT molecular complexity index is 1070. The Kier molecular flexibility index (Phi) is 6.18. The highest BCUT2D eigenvalue weighted by Gasteiger charge is 2.29. The summed E-state index contributed by atoms with van der Waals surface area (Å²) in [4.78, 5) is 28.4. The number of rotatable bonds is 6. The van der Waals surface area contributed by atoms with Crippen molar-refractivity contribution < 1.29 is 13.9 Å². The fourth-order valence-electron chi connectivity index (χ4n) is 3.84. The average Bonchev–Trinajstić information content (AvgIpc) is 3.23. The second-order valence-corrected chi connectivity index (χ2v) is 7.50. The van der Waals surface area contributed by atoms with E-state index in [2.05, 4.69) is 25.2 Å². The molecule has 1 unspecified atom stereocenters. The SMILES string of the molecule is COc1ccccc1C(=O)Nc1cc(C)nc(C2CCCN2Cc2ccc(F)cn2)n1. The van der Waals surface area contributed by atoms with Crippen molar-refractivity contribution >= 4 is 11.7 Å². The van der Waals surface area contributed by atoms with Crippen LogP contribution in [0.3, 0.4) is 0 Å². The summed E-state index contributed by atoms with van der Waals surface area (Å²) < 4.78 is 18.4. The third-order valence-electron chi connectivity index (χ3n) is 5.28. The van der Waals surface area contributed by atoms with Crippen LogP contribution in [-0.2, 0) is 6.54 Å². The zero-order chi connectivity index (χ0) is 21.8. The number of carbonyl (C=O) groups excluding carboxylic acids is 1. The number of hydrogen-bond acceptors (Lipinski definition) is 6. The zero-order valence-electron chi connectivity index (χ0n) is 17.5. The molecule has 7 nitrogen and oxygen atoms in total. The minimum Gasteiger partial charge on any atom is -0.496 e. The summed E-state index contributed by atoms with van der Waals surface area (Å²) in [7, 11) is 1.53. The Morgan fingerprint density at radius 1 is 1.26 bits per heavy atom. The monoisotopic (exact) mass is 421 g/mol. The number of benzene rings is 1. The summed E-state index contributed by atoms with van der Waals surface area (Å²) in [5.41, 5.74) is 2.01. The molecule has 0 aliphatic carbocycles. The standard InChI is InChI=1S/C23H24FN5O2/c1-15-12-21(28-23(30)18-6-3-4-8-20(18)31-2)27-22(26-15)19-7-5-11-29(19)14-17-10-9-16(24)13-25-17/h3-4,6,8-10,12-13,19H,5,7,11,14H2,1-2H3,(H,26,27,28,30). The van der Waals surface area contributed by atoms with Gasteiger partial charge in [0.2, 0.25) is 0 Å². The van der Waals surface area contributed by atoms with Gasteiger partial charge in [-0.1, -0.05) is 12.1 Å². The van der Waals surface area contributed by atoms with E-state index >= 15 is 0 Å². The van der Waals surface area contributed by atoms with Gasteiger partial charge < -0.3 is 10.1 Å². The number of carbonyl (C=O) groups is 1. The minimum atomic E-state index is -0.348. The largest absolute Gasteiger partial charge is 0.496 e. The van der Waals surface area contributed by atoms with E-state index in [0.717, 1.165) is 30.8 Å². The molecule has 1 saturated heterocycles. The smallest absolute Gasteiger partial charge is 0.260 e. The van der Waals surface area contributed by atoms with Crippen LogP contribution in [0.2, 0.25) is 0 Å². The van der Waals surface area contributed by atoms with Crippen molar-refractivity contribution in [1.29, 1.82) is 0 Å². The molecule has 2 aromatic heterocycles. The zero-order valence-corrected chi connectivity index (χ0v) is 17.5. The quantitative estimate of drug-likeness (QED) is 0.650. The highest BCUT2D eigenvalue weighted by molar-refractivity contribution is 6.05. The molecule has 1 atom stereocenters. The molecule has 1 amide bonds. The first-order valence-corrected chi connectivity index (χ1v) is 10.2. The summed E-state index contributed by atoms with van der Waals surface area (Å²) in [5.74, 6) is 0.972. The first-order valence-electron chi connectivity index (χ1n) is 10.2. The number of pyridine rings is 1. The minimum absolute atomic E-state index is 0.00802. The van der Waals surface area contributed by atoms with Gasteiger partial charge in [-0.25, -0.2) is 14.4 Å². The van der Waals surface area contributed by atoms with Crippen LogP contribution >= 0.6 is 0 Å². The van der Waals surface area contributed by atoms with Crippen LogP contribution in [0.5, 0.6) is 5.75 Å². The number of aryl methyl sites for hydroxylation is 1. The van der Waals surface area contributed by atoms with Gasteiger partial charge in [0.1, 0.15) is 23.2 Å². The molecule has 0 radical (unpaired) electrons. The van der Waals surface area contributed by atoms with Crippen LogP contribution in [0.1, 0.15) is 46.5 Å². The lowest BCUT2D eigenvalue weighted by Gasteiger charge is -2.23. The molecule has 1 N–H and O–H groups in total. The Morgan fingerprint density at radius 3 is 2.87 bits per heavy atom. The predicted octanol–water partition coefficient (Wildman–Crippen LogP) is 3.92. The number of likely N-dealkylation sites (tertiary alicyclic amines) is 1.